The molecule has 1 aliphatic heterocycles. The van der Waals surface area contributed by atoms with Crippen LogP contribution in [0.1, 0.15) is 18.4 Å². The molecule has 1 heterocycles. The van der Waals surface area contributed by atoms with E-state index < -0.39 is 0 Å². The summed E-state index contributed by atoms with van der Waals surface area (Å²) in [5.74, 6) is -0.0333. The molecule has 3 rings (SSSR count). The zero-order valence-electron chi connectivity index (χ0n) is 9.12. The van der Waals surface area contributed by atoms with Gasteiger partial charge in [-0.25, -0.2) is 4.39 Å². The summed E-state index contributed by atoms with van der Waals surface area (Å²) in [6, 6.07) is 4.96. The molecule has 5 heteroatoms. The standard InChI is InChI=1S/C12H13BrFNO2/c13-10-4-7(1-2-11(10)14)12-5-9(16)3-8(12)6-17-15-12/h1-2,4,8-9,15-16H,3,5-6H2. The summed E-state index contributed by atoms with van der Waals surface area (Å²) in [7, 11) is 0. The van der Waals surface area contributed by atoms with Crippen molar-refractivity contribution in [1.82, 2.24) is 5.48 Å². The monoisotopic (exact) mass is 301 g/mol. The molecule has 1 saturated carbocycles. The fraction of sp³-hybridized carbons (Fsp3) is 0.500. The highest BCUT2D eigenvalue weighted by atomic mass is 79.9. The van der Waals surface area contributed by atoms with Crippen molar-refractivity contribution in [2.75, 3.05) is 6.61 Å². The number of hydrogen-bond acceptors (Lipinski definition) is 3. The molecule has 0 amide bonds. The van der Waals surface area contributed by atoms with E-state index in [1.807, 2.05) is 0 Å². The van der Waals surface area contributed by atoms with E-state index in [-0.39, 0.29) is 23.4 Å². The molecule has 3 nitrogen and oxygen atoms in total. The molecule has 3 atom stereocenters. The van der Waals surface area contributed by atoms with E-state index in [0.717, 1.165) is 12.0 Å². The Bertz CT molecular complexity index is 456. The average molecular weight is 302 g/mol. The summed E-state index contributed by atoms with van der Waals surface area (Å²) in [5.41, 5.74) is 3.62. The number of benzene rings is 1. The first-order valence-corrected chi connectivity index (χ1v) is 6.44. The highest BCUT2D eigenvalue weighted by Crippen LogP contribution is 2.47. The summed E-state index contributed by atoms with van der Waals surface area (Å²) in [4.78, 5) is 5.32. The van der Waals surface area contributed by atoms with Gasteiger partial charge in [0.1, 0.15) is 5.82 Å². The predicted molar refractivity (Wildman–Crippen MR) is 63.6 cm³/mol. The maximum atomic E-state index is 13.3. The van der Waals surface area contributed by atoms with Crippen LogP contribution in [0.15, 0.2) is 22.7 Å². The van der Waals surface area contributed by atoms with Gasteiger partial charge in [0.25, 0.3) is 0 Å². The van der Waals surface area contributed by atoms with Crippen molar-refractivity contribution in [2.24, 2.45) is 5.92 Å². The molecule has 92 valence electrons. The van der Waals surface area contributed by atoms with Crippen LogP contribution in [0.2, 0.25) is 0 Å². The summed E-state index contributed by atoms with van der Waals surface area (Å²) in [5, 5.41) is 9.80. The van der Waals surface area contributed by atoms with E-state index in [1.165, 1.54) is 6.07 Å². The molecule has 0 radical (unpaired) electrons. The van der Waals surface area contributed by atoms with Gasteiger partial charge in [-0.15, -0.1) is 0 Å². The second kappa shape index (κ2) is 4.02. The fourth-order valence-electron chi connectivity index (χ4n) is 2.94. The minimum absolute atomic E-state index is 0.245. The molecule has 2 N–H and O–H groups in total. The predicted octanol–water partition coefficient (Wildman–Crippen LogP) is 2.09. The third-order valence-electron chi connectivity index (χ3n) is 3.78. The van der Waals surface area contributed by atoms with Gasteiger partial charge >= 0.3 is 0 Å². The van der Waals surface area contributed by atoms with Gasteiger partial charge in [0, 0.05) is 5.92 Å². The smallest absolute Gasteiger partial charge is 0.137 e. The van der Waals surface area contributed by atoms with Gasteiger partial charge in [0.2, 0.25) is 0 Å². The maximum absolute atomic E-state index is 13.3. The van der Waals surface area contributed by atoms with Crippen molar-refractivity contribution in [3.8, 4) is 0 Å². The molecule has 1 saturated heterocycles. The van der Waals surface area contributed by atoms with Crippen LogP contribution in [0.5, 0.6) is 0 Å². The van der Waals surface area contributed by atoms with Gasteiger partial charge in [0.05, 0.1) is 22.7 Å². The number of halogens is 2. The number of fused-ring (bicyclic) bond motifs is 1. The van der Waals surface area contributed by atoms with Gasteiger partial charge < -0.3 is 9.94 Å². The summed E-state index contributed by atoms with van der Waals surface area (Å²) >= 11 is 3.20. The number of hydrogen-bond donors (Lipinski definition) is 2. The van der Waals surface area contributed by atoms with Crippen LogP contribution < -0.4 is 5.48 Å². The van der Waals surface area contributed by atoms with Gasteiger partial charge in [-0.3, -0.25) is 0 Å². The van der Waals surface area contributed by atoms with Crippen LogP contribution in [-0.4, -0.2) is 17.8 Å². The minimum atomic E-state index is -0.365. The van der Waals surface area contributed by atoms with E-state index >= 15 is 0 Å². The molecule has 2 aliphatic rings. The van der Waals surface area contributed by atoms with Gasteiger partial charge in [0.15, 0.2) is 0 Å². The Labute approximate surface area is 107 Å². The number of nitrogens with one attached hydrogen (secondary N) is 1. The molecular weight excluding hydrogens is 289 g/mol. The molecule has 1 aromatic rings. The number of hydroxylamine groups is 1. The van der Waals surface area contributed by atoms with Gasteiger partial charge in [-0.1, -0.05) is 6.07 Å². The normalized spacial score (nSPS) is 36.2. The van der Waals surface area contributed by atoms with Crippen LogP contribution in [-0.2, 0) is 10.4 Å². The number of aliphatic hydroxyl groups excluding tert-OH is 1. The Balaban J connectivity index is 2.04. The zero-order valence-corrected chi connectivity index (χ0v) is 10.7. The molecular formula is C12H13BrFNO2. The Hall–Kier alpha value is -0.490. The second-order valence-electron chi connectivity index (χ2n) is 4.80. The lowest BCUT2D eigenvalue weighted by Crippen LogP contribution is -2.38. The lowest BCUT2D eigenvalue weighted by atomic mass is 9.82. The van der Waals surface area contributed by atoms with Crippen LogP contribution in [0.4, 0.5) is 4.39 Å². The SMILES string of the molecule is OC1CC2CONC2(c2ccc(F)c(Br)c2)C1. The van der Waals surface area contributed by atoms with Gasteiger partial charge in [-0.2, -0.15) is 5.48 Å². The van der Waals surface area contributed by atoms with E-state index in [4.69, 9.17) is 4.84 Å². The fourth-order valence-corrected chi connectivity index (χ4v) is 3.32. The van der Waals surface area contributed by atoms with Crippen molar-refractivity contribution in [1.29, 1.82) is 0 Å². The topological polar surface area (TPSA) is 41.5 Å². The van der Waals surface area contributed by atoms with Crippen molar-refractivity contribution in [2.45, 2.75) is 24.5 Å². The summed E-state index contributed by atoms with van der Waals surface area (Å²) in [6.07, 6.45) is 1.01. The first-order valence-electron chi connectivity index (χ1n) is 5.64. The largest absolute Gasteiger partial charge is 0.393 e. The van der Waals surface area contributed by atoms with Crippen LogP contribution in [0, 0.1) is 11.7 Å². The van der Waals surface area contributed by atoms with Crippen molar-refractivity contribution in [3.05, 3.63) is 34.1 Å². The number of rotatable bonds is 1. The molecule has 1 aromatic carbocycles. The van der Waals surface area contributed by atoms with E-state index in [2.05, 4.69) is 21.4 Å². The van der Waals surface area contributed by atoms with E-state index in [0.29, 0.717) is 17.5 Å². The first kappa shape index (κ1) is 11.6. The van der Waals surface area contributed by atoms with Crippen molar-refractivity contribution >= 4 is 15.9 Å². The molecule has 1 aliphatic carbocycles. The quantitative estimate of drug-likeness (QED) is 0.834. The molecule has 0 spiro atoms. The summed E-state index contributed by atoms with van der Waals surface area (Å²) in [6.45, 7) is 0.589. The van der Waals surface area contributed by atoms with Gasteiger partial charge in [-0.05, 0) is 46.5 Å². The van der Waals surface area contributed by atoms with Crippen LogP contribution >= 0.6 is 15.9 Å². The molecule has 3 unspecified atom stereocenters. The lowest BCUT2D eigenvalue weighted by molar-refractivity contribution is 0.0394. The molecule has 17 heavy (non-hydrogen) atoms. The molecule has 0 aromatic heterocycles. The number of aliphatic hydroxyl groups is 1. The third kappa shape index (κ3) is 1.73. The van der Waals surface area contributed by atoms with Crippen molar-refractivity contribution in [3.63, 3.8) is 0 Å². The van der Waals surface area contributed by atoms with Crippen LogP contribution in [0.25, 0.3) is 0 Å². The third-order valence-corrected chi connectivity index (χ3v) is 4.39. The molecule has 2 fully saturated rings. The Morgan fingerprint density at radius 3 is 3.12 bits per heavy atom. The second-order valence-corrected chi connectivity index (χ2v) is 5.66. The lowest BCUT2D eigenvalue weighted by Gasteiger charge is -2.28. The minimum Gasteiger partial charge on any atom is -0.393 e. The van der Waals surface area contributed by atoms with Crippen LogP contribution in [0.3, 0.4) is 0 Å². The first-order chi connectivity index (χ1) is 8.12. The highest BCUT2D eigenvalue weighted by Gasteiger charge is 2.52. The van der Waals surface area contributed by atoms with E-state index in [1.54, 1.807) is 12.1 Å². The average Bonchev–Trinajstić information content (AvgIpc) is 2.78. The Morgan fingerprint density at radius 1 is 1.53 bits per heavy atom. The Morgan fingerprint density at radius 2 is 2.35 bits per heavy atom. The van der Waals surface area contributed by atoms with Crippen molar-refractivity contribution < 1.29 is 14.3 Å². The van der Waals surface area contributed by atoms with E-state index in [9.17, 15) is 9.50 Å². The molecule has 0 bridgehead atoms. The highest BCUT2D eigenvalue weighted by molar-refractivity contribution is 9.10. The summed E-state index contributed by atoms with van der Waals surface area (Å²) < 4.78 is 13.7. The maximum Gasteiger partial charge on any atom is 0.137 e. The zero-order chi connectivity index (χ0) is 12.0. The Kier molecular flexibility index (Phi) is 2.74.